The van der Waals surface area contributed by atoms with Crippen LogP contribution >= 0.6 is 31.9 Å². The van der Waals surface area contributed by atoms with Crippen LogP contribution in [-0.2, 0) is 19.1 Å². The summed E-state index contributed by atoms with van der Waals surface area (Å²) in [4.78, 5) is 37.1. The molecule has 0 spiro atoms. The SMILES string of the molecule is CC(=O)O[C@@H]1C[C@]2(C)[C@H](CC[C@]2(Br)C(C)=O)[C@@H]2CC[C@@H]3[C@H](Br)C(=O)CC[C@]3(C)[C@@H]21. The van der Waals surface area contributed by atoms with Gasteiger partial charge in [-0.3, -0.25) is 14.4 Å². The number of Topliss-reactive ketones (excluding diaryl/α,β-unsaturated/α-hetero) is 2. The Morgan fingerprint density at radius 2 is 1.76 bits per heavy atom. The molecule has 0 radical (unpaired) electrons. The molecule has 0 aliphatic heterocycles. The van der Waals surface area contributed by atoms with Gasteiger partial charge in [0.15, 0.2) is 0 Å². The van der Waals surface area contributed by atoms with Gasteiger partial charge >= 0.3 is 5.97 Å². The van der Waals surface area contributed by atoms with Gasteiger partial charge < -0.3 is 4.74 Å². The molecule has 4 fully saturated rings. The van der Waals surface area contributed by atoms with Crippen LogP contribution in [0.15, 0.2) is 0 Å². The smallest absolute Gasteiger partial charge is 0.302 e. The van der Waals surface area contributed by atoms with Crippen molar-refractivity contribution in [2.24, 2.45) is 34.5 Å². The normalized spacial score (nSPS) is 51.6. The molecule has 0 unspecified atom stereocenters. The van der Waals surface area contributed by atoms with E-state index in [4.69, 9.17) is 4.74 Å². The number of rotatable bonds is 2. The highest BCUT2D eigenvalue weighted by atomic mass is 79.9. The molecule has 6 heteroatoms. The maximum absolute atomic E-state index is 12.7. The Morgan fingerprint density at radius 3 is 2.38 bits per heavy atom. The second kappa shape index (κ2) is 7.15. The van der Waals surface area contributed by atoms with Crippen LogP contribution in [0.3, 0.4) is 0 Å². The molecule has 0 heterocycles. The number of hydrogen-bond donors (Lipinski definition) is 0. The lowest BCUT2D eigenvalue weighted by atomic mass is 9.44. The van der Waals surface area contributed by atoms with E-state index in [0.717, 1.165) is 32.1 Å². The Balaban J connectivity index is 1.78. The van der Waals surface area contributed by atoms with Crippen LogP contribution in [0.25, 0.3) is 0 Å². The predicted molar refractivity (Wildman–Crippen MR) is 118 cm³/mol. The Kier molecular flexibility index (Phi) is 5.42. The highest BCUT2D eigenvalue weighted by molar-refractivity contribution is 9.10. The van der Waals surface area contributed by atoms with E-state index in [1.54, 1.807) is 6.92 Å². The Labute approximate surface area is 190 Å². The summed E-state index contributed by atoms with van der Waals surface area (Å²) >= 11 is 7.59. The van der Waals surface area contributed by atoms with E-state index in [2.05, 4.69) is 45.7 Å². The van der Waals surface area contributed by atoms with Crippen molar-refractivity contribution in [1.29, 1.82) is 0 Å². The molecule has 0 saturated heterocycles. The molecule has 162 valence electrons. The number of esters is 1. The molecule has 0 aromatic rings. The lowest BCUT2D eigenvalue weighted by Gasteiger charge is -2.63. The molecule has 9 atom stereocenters. The third kappa shape index (κ3) is 2.97. The molecule has 0 N–H and O–H groups in total. The molecule has 4 rings (SSSR count). The van der Waals surface area contributed by atoms with Gasteiger partial charge in [-0.05, 0) is 74.0 Å². The number of ketones is 2. The van der Waals surface area contributed by atoms with E-state index in [0.29, 0.717) is 30.5 Å². The average Bonchev–Trinajstić information content (AvgIpc) is 2.90. The quantitative estimate of drug-likeness (QED) is 0.361. The number of halogens is 2. The maximum Gasteiger partial charge on any atom is 0.302 e. The molecule has 29 heavy (non-hydrogen) atoms. The van der Waals surface area contributed by atoms with Gasteiger partial charge in [-0.25, -0.2) is 0 Å². The van der Waals surface area contributed by atoms with E-state index < -0.39 is 4.32 Å². The molecule has 4 nitrogen and oxygen atoms in total. The van der Waals surface area contributed by atoms with E-state index in [-0.39, 0.29) is 45.3 Å². The van der Waals surface area contributed by atoms with Crippen LogP contribution in [0.1, 0.15) is 72.6 Å². The predicted octanol–water partition coefficient (Wildman–Crippen LogP) is 5.24. The summed E-state index contributed by atoms with van der Waals surface area (Å²) in [6.45, 7) is 7.75. The van der Waals surface area contributed by atoms with Crippen LogP contribution in [0.5, 0.6) is 0 Å². The highest BCUT2D eigenvalue weighted by Gasteiger charge is 2.69. The van der Waals surface area contributed by atoms with E-state index in [9.17, 15) is 14.4 Å². The minimum Gasteiger partial charge on any atom is -0.462 e. The van der Waals surface area contributed by atoms with Crippen molar-refractivity contribution in [3.8, 4) is 0 Å². The topological polar surface area (TPSA) is 60.4 Å². The number of carbonyl (C=O) groups excluding carboxylic acids is 3. The molecule has 0 aromatic heterocycles. The first kappa shape index (κ1) is 22.0. The first-order valence-corrected chi connectivity index (χ1v) is 12.7. The van der Waals surface area contributed by atoms with Gasteiger partial charge in [-0.2, -0.15) is 0 Å². The number of ether oxygens (including phenoxy) is 1. The Bertz CT molecular complexity index is 753. The first-order chi connectivity index (χ1) is 13.5. The van der Waals surface area contributed by atoms with Crippen molar-refractivity contribution in [1.82, 2.24) is 0 Å². The first-order valence-electron chi connectivity index (χ1n) is 11.0. The van der Waals surface area contributed by atoms with Gasteiger partial charge in [-0.1, -0.05) is 45.7 Å². The van der Waals surface area contributed by atoms with Gasteiger partial charge in [0.1, 0.15) is 17.7 Å². The van der Waals surface area contributed by atoms with Crippen molar-refractivity contribution in [2.45, 2.75) is 87.9 Å². The maximum atomic E-state index is 12.7. The summed E-state index contributed by atoms with van der Waals surface area (Å²) in [6.07, 6.45) is 5.92. The summed E-state index contributed by atoms with van der Waals surface area (Å²) in [5, 5.41) is 0. The summed E-state index contributed by atoms with van der Waals surface area (Å²) in [7, 11) is 0. The Morgan fingerprint density at radius 1 is 1.07 bits per heavy atom. The number of alkyl halides is 2. The fourth-order valence-corrected chi connectivity index (χ4v) is 9.84. The third-order valence-corrected chi connectivity index (χ3v) is 12.4. The van der Waals surface area contributed by atoms with Gasteiger partial charge in [0, 0.05) is 19.3 Å². The molecule has 4 aliphatic carbocycles. The minimum atomic E-state index is -0.535. The molecule has 0 amide bonds. The van der Waals surface area contributed by atoms with Gasteiger partial charge in [0.2, 0.25) is 0 Å². The molecule has 4 aliphatic rings. The summed E-state index contributed by atoms with van der Waals surface area (Å²) in [5.41, 5.74) is -0.248. The zero-order valence-electron chi connectivity index (χ0n) is 17.8. The molecule has 0 bridgehead atoms. The van der Waals surface area contributed by atoms with Crippen LogP contribution in [0.2, 0.25) is 0 Å². The van der Waals surface area contributed by atoms with E-state index in [1.165, 1.54) is 6.92 Å². The van der Waals surface area contributed by atoms with Crippen LogP contribution < -0.4 is 0 Å². The second-order valence-corrected chi connectivity index (χ2v) is 12.9. The largest absolute Gasteiger partial charge is 0.462 e. The fraction of sp³-hybridized carbons (Fsp3) is 0.870. The van der Waals surface area contributed by atoms with Crippen molar-refractivity contribution in [3.63, 3.8) is 0 Å². The van der Waals surface area contributed by atoms with Crippen LogP contribution in [-0.4, -0.2) is 32.8 Å². The van der Waals surface area contributed by atoms with Crippen molar-refractivity contribution in [3.05, 3.63) is 0 Å². The average molecular weight is 532 g/mol. The van der Waals surface area contributed by atoms with Gasteiger partial charge in [0.25, 0.3) is 0 Å². The van der Waals surface area contributed by atoms with E-state index >= 15 is 0 Å². The zero-order chi connectivity index (χ0) is 21.4. The monoisotopic (exact) mass is 530 g/mol. The lowest BCUT2D eigenvalue weighted by molar-refractivity contribution is -0.191. The third-order valence-electron chi connectivity index (χ3n) is 9.39. The number of fused-ring (bicyclic) bond motifs is 5. The van der Waals surface area contributed by atoms with Gasteiger partial charge in [0.05, 0.1) is 9.15 Å². The van der Waals surface area contributed by atoms with Gasteiger partial charge in [-0.15, -0.1) is 0 Å². The van der Waals surface area contributed by atoms with Crippen molar-refractivity contribution in [2.75, 3.05) is 0 Å². The molecular weight excluding hydrogens is 500 g/mol. The second-order valence-electron chi connectivity index (χ2n) is 10.5. The zero-order valence-corrected chi connectivity index (χ0v) is 21.0. The van der Waals surface area contributed by atoms with E-state index in [1.807, 2.05) is 0 Å². The highest BCUT2D eigenvalue weighted by Crippen LogP contribution is 2.70. The fourth-order valence-electron chi connectivity index (χ4n) is 8.06. The van der Waals surface area contributed by atoms with Crippen LogP contribution in [0.4, 0.5) is 0 Å². The summed E-state index contributed by atoms with van der Waals surface area (Å²) < 4.78 is 5.48. The molecule has 0 aromatic carbocycles. The lowest BCUT2D eigenvalue weighted by Crippen LogP contribution is -2.63. The Hall–Kier alpha value is -0.230. The van der Waals surface area contributed by atoms with Crippen molar-refractivity contribution >= 4 is 49.4 Å². The molecular formula is C23H32Br2O4. The summed E-state index contributed by atoms with van der Waals surface area (Å²) in [6, 6.07) is 0. The number of carbonyl (C=O) groups is 3. The standard InChI is InChI=1S/C23H32Br2O4/c1-12(26)23(25)10-7-15-14-5-6-16-20(24)17(28)8-9-21(16,3)19(14)18(29-13(2)27)11-22(15,23)4/h14-16,18-20H,5-11H2,1-4H3/t14-,15+,16+,18+,19-,20-,21-,22+,23-/m0/s1. The number of hydrogen-bond acceptors (Lipinski definition) is 4. The summed E-state index contributed by atoms with van der Waals surface area (Å²) in [5.74, 6) is 1.65. The van der Waals surface area contributed by atoms with Crippen LogP contribution in [0, 0.1) is 34.5 Å². The van der Waals surface area contributed by atoms with Crippen molar-refractivity contribution < 1.29 is 19.1 Å². The molecule has 4 saturated carbocycles. The minimum absolute atomic E-state index is 0.0276.